The summed E-state index contributed by atoms with van der Waals surface area (Å²) < 4.78 is 5.50. The monoisotopic (exact) mass is 409 g/mol. The fraction of sp³-hybridized carbons (Fsp3) is 0.259. The molecule has 0 N–H and O–H groups in total. The van der Waals surface area contributed by atoms with Gasteiger partial charge in [-0.15, -0.1) is 0 Å². The summed E-state index contributed by atoms with van der Waals surface area (Å²) >= 11 is 0. The molecule has 0 aromatic heterocycles. The highest BCUT2D eigenvalue weighted by Crippen LogP contribution is 2.66. The second-order valence-corrected chi connectivity index (χ2v) is 9.13. The van der Waals surface area contributed by atoms with Crippen LogP contribution in [0, 0.1) is 11.8 Å². The Kier molecular flexibility index (Phi) is 3.47. The molecule has 7 rings (SSSR count). The van der Waals surface area contributed by atoms with E-state index >= 15 is 0 Å². The number of rotatable bonds is 2. The van der Waals surface area contributed by atoms with E-state index in [-0.39, 0.29) is 11.8 Å². The zero-order valence-corrected chi connectivity index (χ0v) is 17.8. The molecule has 31 heavy (non-hydrogen) atoms. The van der Waals surface area contributed by atoms with Crippen molar-refractivity contribution in [2.75, 3.05) is 12.0 Å². The van der Waals surface area contributed by atoms with Gasteiger partial charge in [0.1, 0.15) is 5.75 Å². The highest BCUT2D eigenvalue weighted by atomic mass is 16.5. The second-order valence-electron chi connectivity index (χ2n) is 9.13. The van der Waals surface area contributed by atoms with Crippen LogP contribution in [0.3, 0.4) is 0 Å². The van der Waals surface area contributed by atoms with E-state index in [1.54, 1.807) is 19.2 Å². The average Bonchev–Trinajstić information content (AvgIpc) is 3.08. The molecule has 2 bridgehead atoms. The summed E-state index contributed by atoms with van der Waals surface area (Å²) in [5.41, 5.74) is 3.99. The molecule has 3 aromatic carbocycles. The number of ether oxygens (including phenoxy) is 1. The number of para-hydroxylation sites is 2. The minimum absolute atomic E-state index is 0.141. The fourth-order valence-corrected chi connectivity index (χ4v) is 6.62. The van der Waals surface area contributed by atoms with Gasteiger partial charge in [0, 0.05) is 10.8 Å². The first-order valence-electron chi connectivity index (χ1n) is 10.7. The number of carbonyl (C=O) groups excluding carboxylic acids is 2. The van der Waals surface area contributed by atoms with E-state index in [2.05, 4.69) is 38.1 Å². The maximum Gasteiger partial charge on any atom is 0.239 e. The van der Waals surface area contributed by atoms with E-state index in [1.807, 2.05) is 36.4 Å². The maximum absolute atomic E-state index is 14.0. The van der Waals surface area contributed by atoms with Gasteiger partial charge in [-0.3, -0.25) is 9.59 Å². The first-order chi connectivity index (χ1) is 15.0. The number of amides is 2. The Bertz CT molecular complexity index is 1160. The predicted molar refractivity (Wildman–Crippen MR) is 118 cm³/mol. The first-order valence-corrected chi connectivity index (χ1v) is 10.7. The number of hydrogen-bond donors (Lipinski definition) is 0. The van der Waals surface area contributed by atoms with Gasteiger partial charge in [-0.2, -0.15) is 0 Å². The lowest BCUT2D eigenvalue weighted by Gasteiger charge is -2.57. The number of benzene rings is 3. The third-order valence-corrected chi connectivity index (χ3v) is 7.97. The number of nitrogens with zero attached hydrogens (tertiary/aromatic N) is 1. The van der Waals surface area contributed by atoms with Crippen molar-refractivity contribution < 1.29 is 14.3 Å². The molecule has 0 saturated carbocycles. The Morgan fingerprint density at radius 3 is 1.48 bits per heavy atom. The van der Waals surface area contributed by atoms with Crippen LogP contribution in [0.2, 0.25) is 0 Å². The van der Waals surface area contributed by atoms with Crippen molar-refractivity contribution in [3.63, 3.8) is 0 Å². The Labute approximate surface area is 181 Å². The number of methoxy groups -OCH3 is 1. The van der Waals surface area contributed by atoms with Gasteiger partial charge in [-0.1, -0.05) is 74.5 Å². The summed E-state index contributed by atoms with van der Waals surface area (Å²) in [6.45, 7) is 4.27. The van der Waals surface area contributed by atoms with Crippen LogP contribution in [-0.4, -0.2) is 18.9 Å². The maximum atomic E-state index is 14.0. The van der Waals surface area contributed by atoms with Crippen LogP contribution in [0.5, 0.6) is 5.75 Å². The van der Waals surface area contributed by atoms with Crippen LogP contribution < -0.4 is 9.64 Å². The summed E-state index contributed by atoms with van der Waals surface area (Å²) in [6, 6.07) is 23.9. The van der Waals surface area contributed by atoms with E-state index in [4.69, 9.17) is 4.74 Å². The van der Waals surface area contributed by atoms with Crippen LogP contribution in [0.25, 0.3) is 0 Å². The molecule has 1 heterocycles. The third kappa shape index (κ3) is 1.92. The summed E-state index contributed by atoms with van der Waals surface area (Å²) in [6.07, 6.45) is 0. The molecule has 0 radical (unpaired) electrons. The zero-order valence-electron chi connectivity index (χ0n) is 17.8. The van der Waals surface area contributed by atoms with Crippen LogP contribution in [0.15, 0.2) is 72.8 Å². The van der Waals surface area contributed by atoms with Crippen molar-refractivity contribution in [3.05, 3.63) is 95.1 Å². The normalized spacial score (nSPS) is 30.1. The summed E-state index contributed by atoms with van der Waals surface area (Å²) in [4.78, 5) is 29.4. The van der Waals surface area contributed by atoms with Crippen LogP contribution in [-0.2, 0) is 20.4 Å². The third-order valence-electron chi connectivity index (χ3n) is 7.97. The fourth-order valence-electron chi connectivity index (χ4n) is 6.62. The molecule has 3 aliphatic carbocycles. The average molecular weight is 409 g/mol. The van der Waals surface area contributed by atoms with Crippen molar-refractivity contribution in [3.8, 4) is 5.75 Å². The van der Waals surface area contributed by atoms with E-state index in [0.29, 0.717) is 11.4 Å². The molecule has 154 valence electrons. The lowest BCUT2D eigenvalue weighted by molar-refractivity contribution is -0.124. The largest absolute Gasteiger partial charge is 0.495 e. The summed E-state index contributed by atoms with van der Waals surface area (Å²) in [5, 5.41) is 0. The standard InChI is InChI=1S/C27H23NO3/c1-26-16-10-4-6-12-18(16)27(2,19-13-7-5-11-17(19)26)23-22(26)24(29)28(25(23)30)20-14-8-9-15-21(20)31-3/h4-15,22-23H,1-3H3. The van der Waals surface area contributed by atoms with Crippen molar-refractivity contribution >= 4 is 17.5 Å². The number of carbonyl (C=O) groups is 2. The van der Waals surface area contributed by atoms with E-state index in [1.165, 1.54) is 4.90 Å². The molecule has 1 aliphatic heterocycles. The van der Waals surface area contributed by atoms with Gasteiger partial charge in [0.2, 0.25) is 11.8 Å². The molecule has 1 fully saturated rings. The molecule has 2 atom stereocenters. The van der Waals surface area contributed by atoms with Crippen molar-refractivity contribution in [2.45, 2.75) is 24.7 Å². The van der Waals surface area contributed by atoms with Gasteiger partial charge >= 0.3 is 0 Å². The number of hydrogen-bond acceptors (Lipinski definition) is 3. The molecule has 4 nitrogen and oxygen atoms in total. The van der Waals surface area contributed by atoms with Gasteiger partial charge in [0.05, 0.1) is 24.6 Å². The second kappa shape index (κ2) is 5.85. The highest BCUT2D eigenvalue weighted by molar-refractivity contribution is 6.24. The molecular weight excluding hydrogens is 386 g/mol. The summed E-state index contributed by atoms with van der Waals surface area (Å²) in [5.74, 6) is -0.672. The molecular formula is C27H23NO3. The van der Waals surface area contributed by atoms with E-state index < -0.39 is 22.7 Å². The van der Waals surface area contributed by atoms with E-state index in [9.17, 15) is 9.59 Å². The van der Waals surface area contributed by atoms with Gasteiger partial charge in [0.25, 0.3) is 0 Å². The molecule has 2 amide bonds. The molecule has 4 aliphatic rings. The SMILES string of the molecule is COc1ccccc1N1C(=O)C2C(C1=O)C1(C)c3ccccc3C2(C)c2ccccc21. The van der Waals surface area contributed by atoms with Gasteiger partial charge < -0.3 is 4.74 Å². The lowest BCUT2D eigenvalue weighted by atomic mass is 9.42. The van der Waals surface area contributed by atoms with Crippen LogP contribution in [0.1, 0.15) is 36.1 Å². The highest BCUT2D eigenvalue weighted by Gasteiger charge is 2.70. The van der Waals surface area contributed by atoms with Crippen LogP contribution in [0.4, 0.5) is 5.69 Å². The number of anilines is 1. The Balaban J connectivity index is 1.66. The quantitative estimate of drug-likeness (QED) is 0.588. The minimum atomic E-state index is -0.570. The minimum Gasteiger partial charge on any atom is -0.495 e. The predicted octanol–water partition coefficient (Wildman–Crippen LogP) is 4.44. The smallest absolute Gasteiger partial charge is 0.239 e. The van der Waals surface area contributed by atoms with Crippen molar-refractivity contribution in [1.29, 1.82) is 0 Å². The Hall–Kier alpha value is -3.40. The molecule has 3 aromatic rings. The van der Waals surface area contributed by atoms with Gasteiger partial charge in [-0.05, 0) is 34.4 Å². The zero-order chi connectivity index (χ0) is 21.5. The Morgan fingerprint density at radius 2 is 1.06 bits per heavy atom. The molecule has 0 spiro atoms. The topological polar surface area (TPSA) is 46.6 Å². The molecule has 1 saturated heterocycles. The summed E-state index contributed by atoms with van der Waals surface area (Å²) in [7, 11) is 1.56. The van der Waals surface area contributed by atoms with Gasteiger partial charge in [-0.25, -0.2) is 4.90 Å². The lowest BCUT2D eigenvalue weighted by Crippen LogP contribution is -2.59. The van der Waals surface area contributed by atoms with E-state index in [0.717, 1.165) is 22.3 Å². The number of imide groups is 1. The van der Waals surface area contributed by atoms with Crippen LogP contribution >= 0.6 is 0 Å². The molecule has 4 heteroatoms. The van der Waals surface area contributed by atoms with Crippen molar-refractivity contribution in [1.82, 2.24) is 0 Å². The van der Waals surface area contributed by atoms with Crippen molar-refractivity contribution in [2.24, 2.45) is 11.8 Å². The molecule has 2 unspecified atom stereocenters. The Morgan fingerprint density at radius 1 is 0.677 bits per heavy atom. The first kappa shape index (κ1) is 18.4. The van der Waals surface area contributed by atoms with Gasteiger partial charge in [0.15, 0.2) is 0 Å².